The number of hydrogen-bond donors (Lipinski definition) is 2. The van der Waals surface area contributed by atoms with E-state index in [4.69, 9.17) is 0 Å². The first-order valence-electron chi connectivity index (χ1n) is 9.79. The number of halogens is 5. The average molecular weight is 465 g/mol. The van der Waals surface area contributed by atoms with Gasteiger partial charge in [-0.15, -0.1) is 0 Å². The molecule has 0 radical (unpaired) electrons. The summed E-state index contributed by atoms with van der Waals surface area (Å²) in [6.07, 6.45) is -1.08. The normalized spacial score (nSPS) is 18.2. The van der Waals surface area contributed by atoms with Crippen molar-refractivity contribution in [3.05, 3.63) is 36.2 Å². The van der Waals surface area contributed by atoms with Crippen molar-refractivity contribution in [1.29, 1.82) is 0 Å². The SMILES string of the molecule is CN(C)c1c(F)c(C(F)(F)F)c(-c2cn3cc(NC(=O)[C@@H]4C[C@H]4F)nc3cn2)c2cn[nH]c12. The summed E-state index contributed by atoms with van der Waals surface area (Å²) in [5.41, 5.74) is -2.09. The Morgan fingerprint density at radius 2 is 2.00 bits per heavy atom. The maximum Gasteiger partial charge on any atom is 0.419 e. The molecule has 33 heavy (non-hydrogen) atoms. The van der Waals surface area contributed by atoms with Crippen molar-refractivity contribution >= 4 is 34.0 Å². The van der Waals surface area contributed by atoms with E-state index in [1.807, 2.05) is 0 Å². The zero-order valence-electron chi connectivity index (χ0n) is 17.2. The van der Waals surface area contributed by atoms with Crippen LogP contribution in [0, 0.1) is 11.7 Å². The van der Waals surface area contributed by atoms with E-state index in [2.05, 4.69) is 25.5 Å². The molecule has 1 saturated carbocycles. The molecule has 0 spiro atoms. The Morgan fingerprint density at radius 3 is 2.64 bits per heavy atom. The Morgan fingerprint density at radius 1 is 1.27 bits per heavy atom. The number of hydrogen-bond acceptors (Lipinski definition) is 5. The number of carbonyl (C=O) groups is 1. The van der Waals surface area contributed by atoms with Crippen LogP contribution in [0.5, 0.6) is 0 Å². The highest BCUT2D eigenvalue weighted by atomic mass is 19.4. The fourth-order valence-corrected chi connectivity index (χ4v) is 3.82. The number of nitrogens with one attached hydrogen (secondary N) is 2. The van der Waals surface area contributed by atoms with Crippen LogP contribution in [0.15, 0.2) is 24.8 Å². The van der Waals surface area contributed by atoms with Crippen molar-refractivity contribution in [2.24, 2.45) is 5.92 Å². The smallest absolute Gasteiger partial charge is 0.374 e. The second-order valence-corrected chi connectivity index (χ2v) is 7.98. The van der Waals surface area contributed by atoms with Gasteiger partial charge >= 0.3 is 6.18 Å². The molecule has 3 heterocycles. The zero-order chi connectivity index (χ0) is 23.7. The van der Waals surface area contributed by atoms with Crippen molar-refractivity contribution in [2.75, 3.05) is 24.3 Å². The quantitative estimate of drug-likeness (QED) is 0.448. The number of rotatable bonds is 4. The van der Waals surface area contributed by atoms with Crippen LogP contribution in [-0.4, -0.2) is 50.7 Å². The fraction of sp³-hybridized carbons (Fsp3) is 0.300. The lowest BCUT2D eigenvalue weighted by Crippen LogP contribution is -2.18. The summed E-state index contributed by atoms with van der Waals surface area (Å²) in [5.74, 6) is -2.62. The van der Waals surface area contributed by atoms with Crippen molar-refractivity contribution in [1.82, 2.24) is 24.6 Å². The van der Waals surface area contributed by atoms with Gasteiger partial charge in [0.2, 0.25) is 5.91 Å². The van der Waals surface area contributed by atoms with Crippen molar-refractivity contribution in [3.63, 3.8) is 0 Å². The topological polar surface area (TPSA) is 91.2 Å². The third-order valence-electron chi connectivity index (χ3n) is 5.45. The van der Waals surface area contributed by atoms with Crippen LogP contribution in [0.4, 0.5) is 33.5 Å². The Bertz CT molecular complexity index is 1410. The number of benzene rings is 1. The van der Waals surface area contributed by atoms with Crippen molar-refractivity contribution in [2.45, 2.75) is 18.8 Å². The summed E-state index contributed by atoms with van der Waals surface area (Å²) >= 11 is 0. The van der Waals surface area contributed by atoms with Crippen LogP contribution in [0.2, 0.25) is 0 Å². The number of anilines is 2. The average Bonchev–Trinajstić information content (AvgIpc) is 3.10. The molecule has 0 aliphatic heterocycles. The van der Waals surface area contributed by atoms with E-state index >= 15 is 4.39 Å². The van der Waals surface area contributed by atoms with Gasteiger partial charge in [-0.05, 0) is 6.42 Å². The maximum atomic E-state index is 15.2. The monoisotopic (exact) mass is 465 g/mol. The number of H-pyrrole nitrogens is 1. The van der Waals surface area contributed by atoms with E-state index in [0.29, 0.717) is 0 Å². The largest absolute Gasteiger partial charge is 0.419 e. The highest BCUT2D eigenvalue weighted by Crippen LogP contribution is 2.46. The van der Waals surface area contributed by atoms with Gasteiger partial charge in [-0.1, -0.05) is 0 Å². The van der Waals surface area contributed by atoms with Gasteiger partial charge in [0.05, 0.1) is 41.4 Å². The fourth-order valence-electron chi connectivity index (χ4n) is 3.82. The van der Waals surface area contributed by atoms with Crippen molar-refractivity contribution in [3.8, 4) is 11.3 Å². The first-order valence-corrected chi connectivity index (χ1v) is 9.79. The zero-order valence-corrected chi connectivity index (χ0v) is 17.2. The number of nitrogens with zero attached hydrogens (tertiary/aromatic N) is 5. The van der Waals surface area contributed by atoms with Gasteiger partial charge < -0.3 is 14.6 Å². The predicted octanol–water partition coefficient (Wildman–Crippen LogP) is 3.79. The summed E-state index contributed by atoms with van der Waals surface area (Å²) in [4.78, 5) is 21.4. The van der Waals surface area contributed by atoms with E-state index in [9.17, 15) is 22.4 Å². The van der Waals surface area contributed by atoms with Crippen LogP contribution in [0.3, 0.4) is 0 Å². The summed E-state index contributed by atoms with van der Waals surface area (Å²) in [6, 6.07) is 0. The van der Waals surface area contributed by atoms with Crippen LogP contribution in [0.25, 0.3) is 27.8 Å². The Kier molecular flexibility index (Phi) is 4.55. The molecular formula is C20H16F5N7O. The van der Waals surface area contributed by atoms with Gasteiger partial charge in [0, 0.05) is 31.2 Å². The molecule has 2 N–H and O–H groups in total. The molecule has 5 rings (SSSR count). The minimum absolute atomic E-state index is 0.0376. The highest BCUT2D eigenvalue weighted by Gasteiger charge is 2.44. The third-order valence-corrected chi connectivity index (χ3v) is 5.45. The lowest BCUT2D eigenvalue weighted by molar-refractivity contribution is -0.139. The van der Waals surface area contributed by atoms with E-state index in [1.54, 1.807) is 0 Å². The van der Waals surface area contributed by atoms with Crippen LogP contribution in [-0.2, 0) is 11.0 Å². The Labute approximate surface area is 182 Å². The van der Waals surface area contributed by atoms with E-state index in [0.717, 1.165) is 0 Å². The molecule has 1 aliphatic rings. The van der Waals surface area contributed by atoms with Crippen molar-refractivity contribution < 1.29 is 26.7 Å². The molecule has 0 saturated heterocycles. The highest BCUT2D eigenvalue weighted by molar-refractivity contribution is 6.02. The van der Waals surface area contributed by atoms with Crippen LogP contribution in [0.1, 0.15) is 12.0 Å². The van der Waals surface area contributed by atoms with Crippen LogP contribution < -0.4 is 10.2 Å². The molecule has 13 heteroatoms. The first kappa shape index (κ1) is 21.1. The summed E-state index contributed by atoms with van der Waals surface area (Å²) in [7, 11) is 2.85. The Hall–Kier alpha value is -3.77. The molecule has 1 aromatic carbocycles. The summed E-state index contributed by atoms with van der Waals surface area (Å²) in [6.45, 7) is 0. The Balaban J connectivity index is 1.67. The number of alkyl halides is 4. The second kappa shape index (κ2) is 7.12. The van der Waals surface area contributed by atoms with Gasteiger partial charge in [0.15, 0.2) is 17.3 Å². The second-order valence-electron chi connectivity index (χ2n) is 7.98. The number of amides is 1. The number of aromatic nitrogens is 5. The summed E-state index contributed by atoms with van der Waals surface area (Å²) in [5, 5.41) is 8.88. The van der Waals surface area contributed by atoms with E-state index in [1.165, 1.54) is 48.2 Å². The molecule has 2 atom stereocenters. The number of imidazole rings is 1. The number of aromatic amines is 1. The molecule has 3 aromatic heterocycles. The van der Waals surface area contributed by atoms with E-state index in [-0.39, 0.29) is 40.2 Å². The van der Waals surface area contributed by atoms with Gasteiger partial charge in [-0.2, -0.15) is 18.3 Å². The molecule has 4 aromatic rings. The minimum Gasteiger partial charge on any atom is -0.374 e. The predicted molar refractivity (Wildman–Crippen MR) is 109 cm³/mol. The van der Waals surface area contributed by atoms with Gasteiger partial charge in [-0.25, -0.2) is 13.8 Å². The molecular weight excluding hydrogens is 449 g/mol. The molecule has 1 amide bonds. The lowest BCUT2D eigenvalue weighted by Gasteiger charge is -2.21. The number of carbonyl (C=O) groups excluding carboxylic acids is 1. The van der Waals surface area contributed by atoms with E-state index < -0.39 is 41.1 Å². The van der Waals surface area contributed by atoms with Gasteiger partial charge in [0.1, 0.15) is 11.7 Å². The first-order chi connectivity index (χ1) is 15.6. The maximum absolute atomic E-state index is 15.2. The summed E-state index contributed by atoms with van der Waals surface area (Å²) < 4.78 is 71.8. The number of fused-ring (bicyclic) bond motifs is 2. The van der Waals surface area contributed by atoms with Gasteiger partial charge in [0.25, 0.3) is 0 Å². The van der Waals surface area contributed by atoms with Crippen LogP contribution >= 0.6 is 0 Å². The molecule has 172 valence electrons. The molecule has 1 fully saturated rings. The minimum atomic E-state index is -5.02. The lowest BCUT2D eigenvalue weighted by atomic mass is 9.97. The third kappa shape index (κ3) is 3.43. The molecule has 0 bridgehead atoms. The molecule has 8 nitrogen and oxygen atoms in total. The standard InChI is InChI=1S/C20H16F5N7O/c1-31(2)18-16(22)15(20(23,24)25)14(9-4-27-30-17(9)18)11-6-32-7-12(28-13(32)5-26-11)29-19(33)8-3-10(8)21/h4-8,10H,3H2,1-2H3,(H,27,30)(H,29,33)/t8-,10-/m1/s1. The van der Waals surface area contributed by atoms with Gasteiger partial charge in [-0.3, -0.25) is 14.9 Å². The molecule has 0 unspecified atom stereocenters. The molecule has 1 aliphatic carbocycles.